The van der Waals surface area contributed by atoms with Crippen LogP contribution in [0.2, 0.25) is 5.15 Å². The van der Waals surface area contributed by atoms with Gasteiger partial charge in [0.05, 0.1) is 5.69 Å². The van der Waals surface area contributed by atoms with Gasteiger partial charge in [0.2, 0.25) is 5.95 Å². The van der Waals surface area contributed by atoms with E-state index in [1.807, 2.05) is 0 Å². The Hall–Kier alpha value is -0.870. The summed E-state index contributed by atoms with van der Waals surface area (Å²) in [4.78, 5) is 11.5. The molecule has 2 aliphatic rings. The normalized spacial score (nSPS) is 20.4. The van der Waals surface area contributed by atoms with E-state index >= 15 is 0 Å². The quantitative estimate of drug-likeness (QED) is 0.791. The summed E-state index contributed by atoms with van der Waals surface area (Å²) in [5, 5.41) is 4.00. The molecule has 5 heteroatoms. The summed E-state index contributed by atoms with van der Waals surface area (Å²) < 4.78 is 0. The molecule has 1 N–H and O–H groups in total. The van der Waals surface area contributed by atoms with Crippen LogP contribution < -0.4 is 10.2 Å². The second-order valence-electron chi connectivity index (χ2n) is 5.07. The summed E-state index contributed by atoms with van der Waals surface area (Å²) in [6.45, 7) is 3.91. The summed E-state index contributed by atoms with van der Waals surface area (Å²) >= 11 is 6.30. The van der Waals surface area contributed by atoms with Crippen molar-refractivity contribution >= 4 is 17.5 Å². The minimum absolute atomic E-state index is 0.653. The molecule has 4 nitrogen and oxygen atoms in total. The number of aromatic nitrogens is 2. The summed E-state index contributed by atoms with van der Waals surface area (Å²) in [6.07, 6.45) is 6.04. The Balaban J connectivity index is 1.89. The van der Waals surface area contributed by atoms with E-state index in [1.54, 1.807) is 0 Å². The molecule has 0 amide bonds. The van der Waals surface area contributed by atoms with Crippen molar-refractivity contribution in [1.82, 2.24) is 15.3 Å². The zero-order chi connectivity index (χ0) is 12.4. The molecule has 1 fully saturated rings. The van der Waals surface area contributed by atoms with Crippen molar-refractivity contribution in [2.75, 3.05) is 24.5 Å². The first kappa shape index (κ1) is 12.2. The third-order valence-electron chi connectivity index (χ3n) is 3.76. The van der Waals surface area contributed by atoms with Gasteiger partial charge in [0.1, 0.15) is 5.15 Å². The van der Waals surface area contributed by atoms with Gasteiger partial charge in [-0.05, 0) is 25.8 Å². The number of nitrogens with one attached hydrogen (secondary N) is 1. The van der Waals surface area contributed by atoms with E-state index in [0.29, 0.717) is 5.15 Å². The Morgan fingerprint density at radius 3 is 2.61 bits per heavy atom. The van der Waals surface area contributed by atoms with Crippen molar-refractivity contribution in [2.45, 2.75) is 38.6 Å². The van der Waals surface area contributed by atoms with E-state index in [2.05, 4.69) is 15.2 Å². The van der Waals surface area contributed by atoms with Crippen LogP contribution in [0.15, 0.2) is 0 Å². The van der Waals surface area contributed by atoms with Crippen LogP contribution in [0, 0.1) is 0 Å². The SMILES string of the molecule is Clc1nc(N2CCCCCC2)nc2c1CCNC2. The summed E-state index contributed by atoms with van der Waals surface area (Å²) in [7, 11) is 0. The van der Waals surface area contributed by atoms with Crippen LogP contribution in [-0.4, -0.2) is 29.6 Å². The molecule has 0 aromatic carbocycles. The Kier molecular flexibility index (Phi) is 3.66. The van der Waals surface area contributed by atoms with Gasteiger partial charge < -0.3 is 10.2 Å². The second-order valence-corrected chi connectivity index (χ2v) is 5.43. The lowest BCUT2D eigenvalue weighted by atomic mass is 10.1. The predicted octanol–water partition coefficient (Wildman–Crippen LogP) is 2.16. The molecule has 1 aromatic rings. The highest BCUT2D eigenvalue weighted by Gasteiger charge is 2.19. The van der Waals surface area contributed by atoms with E-state index in [4.69, 9.17) is 16.6 Å². The molecular formula is C13H19ClN4. The van der Waals surface area contributed by atoms with Crippen LogP contribution in [0.25, 0.3) is 0 Å². The van der Waals surface area contributed by atoms with Crippen LogP contribution in [0.1, 0.15) is 36.9 Å². The Labute approximate surface area is 113 Å². The highest BCUT2D eigenvalue weighted by Crippen LogP contribution is 2.24. The first-order valence-electron chi connectivity index (χ1n) is 6.85. The van der Waals surface area contributed by atoms with E-state index < -0.39 is 0 Å². The molecule has 0 bridgehead atoms. The number of anilines is 1. The average molecular weight is 267 g/mol. The van der Waals surface area contributed by atoms with Gasteiger partial charge in [-0.25, -0.2) is 9.97 Å². The number of halogens is 1. The fraction of sp³-hybridized carbons (Fsp3) is 0.692. The molecule has 18 heavy (non-hydrogen) atoms. The van der Waals surface area contributed by atoms with E-state index in [9.17, 15) is 0 Å². The van der Waals surface area contributed by atoms with Crippen molar-refractivity contribution < 1.29 is 0 Å². The highest BCUT2D eigenvalue weighted by molar-refractivity contribution is 6.30. The van der Waals surface area contributed by atoms with Gasteiger partial charge in [-0.15, -0.1) is 0 Å². The lowest BCUT2D eigenvalue weighted by Gasteiger charge is -2.24. The minimum atomic E-state index is 0.653. The number of nitrogens with zero attached hydrogens (tertiary/aromatic N) is 3. The molecule has 0 atom stereocenters. The Morgan fingerprint density at radius 1 is 1.06 bits per heavy atom. The van der Waals surface area contributed by atoms with Gasteiger partial charge in [-0.3, -0.25) is 0 Å². The summed E-state index contributed by atoms with van der Waals surface area (Å²) in [5.41, 5.74) is 2.22. The maximum absolute atomic E-state index is 6.30. The molecule has 0 radical (unpaired) electrons. The molecule has 98 valence electrons. The predicted molar refractivity (Wildman–Crippen MR) is 73.1 cm³/mol. The smallest absolute Gasteiger partial charge is 0.227 e. The first-order valence-corrected chi connectivity index (χ1v) is 7.23. The van der Waals surface area contributed by atoms with E-state index in [0.717, 1.165) is 49.8 Å². The van der Waals surface area contributed by atoms with Crippen molar-refractivity contribution in [3.05, 3.63) is 16.4 Å². The number of rotatable bonds is 1. The molecule has 0 unspecified atom stereocenters. The van der Waals surface area contributed by atoms with Gasteiger partial charge in [0.25, 0.3) is 0 Å². The maximum Gasteiger partial charge on any atom is 0.227 e. The number of fused-ring (bicyclic) bond motifs is 1. The summed E-state index contributed by atoms with van der Waals surface area (Å²) in [6, 6.07) is 0. The maximum atomic E-state index is 6.30. The first-order chi connectivity index (χ1) is 8.84. The molecular weight excluding hydrogens is 248 g/mol. The Bertz CT molecular complexity index is 427. The van der Waals surface area contributed by atoms with Gasteiger partial charge in [0.15, 0.2) is 0 Å². The van der Waals surface area contributed by atoms with Crippen molar-refractivity contribution in [3.8, 4) is 0 Å². The standard InChI is InChI=1S/C13H19ClN4/c14-12-10-5-6-15-9-11(10)16-13(17-12)18-7-3-1-2-4-8-18/h15H,1-9H2. The lowest BCUT2D eigenvalue weighted by molar-refractivity contribution is 0.619. The van der Waals surface area contributed by atoms with Gasteiger partial charge >= 0.3 is 0 Å². The van der Waals surface area contributed by atoms with Crippen molar-refractivity contribution in [1.29, 1.82) is 0 Å². The van der Waals surface area contributed by atoms with E-state index in [-0.39, 0.29) is 0 Å². The second kappa shape index (κ2) is 5.41. The fourth-order valence-corrected chi connectivity index (χ4v) is 2.99. The molecule has 1 aromatic heterocycles. The van der Waals surface area contributed by atoms with Crippen LogP contribution in [0.4, 0.5) is 5.95 Å². The topological polar surface area (TPSA) is 41.1 Å². The van der Waals surface area contributed by atoms with Crippen molar-refractivity contribution in [2.24, 2.45) is 0 Å². The van der Waals surface area contributed by atoms with Crippen LogP contribution in [0.3, 0.4) is 0 Å². The lowest BCUT2D eigenvalue weighted by Crippen LogP contribution is -2.30. The average Bonchev–Trinajstić information content (AvgIpc) is 2.67. The molecule has 1 saturated heterocycles. The summed E-state index contributed by atoms with van der Waals surface area (Å²) in [5.74, 6) is 0.823. The van der Waals surface area contributed by atoms with Crippen LogP contribution >= 0.6 is 11.6 Å². The fourth-order valence-electron chi connectivity index (χ4n) is 2.71. The van der Waals surface area contributed by atoms with Gasteiger partial charge in [-0.2, -0.15) is 0 Å². The molecule has 0 aliphatic carbocycles. The number of hydrogen-bond donors (Lipinski definition) is 1. The largest absolute Gasteiger partial charge is 0.341 e. The van der Waals surface area contributed by atoms with Gasteiger partial charge in [-0.1, -0.05) is 24.4 Å². The van der Waals surface area contributed by atoms with E-state index in [1.165, 1.54) is 25.7 Å². The van der Waals surface area contributed by atoms with Gasteiger partial charge in [0, 0.05) is 25.2 Å². The molecule has 2 aliphatic heterocycles. The van der Waals surface area contributed by atoms with Crippen molar-refractivity contribution in [3.63, 3.8) is 0 Å². The zero-order valence-electron chi connectivity index (χ0n) is 10.6. The highest BCUT2D eigenvalue weighted by atomic mass is 35.5. The molecule has 0 saturated carbocycles. The third-order valence-corrected chi connectivity index (χ3v) is 4.08. The Morgan fingerprint density at radius 2 is 1.83 bits per heavy atom. The molecule has 3 heterocycles. The minimum Gasteiger partial charge on any atom is -0.341 e. The third kappa shape index (κ3) is 2.45. The number of hydrogen-bond acceptors (Lipinski definition) is 4. The van der Waals surface area contributed by atoms with Crippen LogP contribution in [0.5, 0.6) is 0 Å². The van der Waals surface area contributed by atoms with Crippen LogP contribution in [-0.2, 0) is 13.0 Å². The molecule has 0 spiro atoms. The zero-order valence-corrected chi connectivity index (χ0v) is 11.3. The monoisotopic (exact) mass is 266 g/mol. The molecule has 3 rings (SSSR count).